The predicted molar refractivity (Wildman–Crippen MR) is 35.7 cm³/mol. The number of nitrogens with zero attached hydrogens (tertiary/aromatic N) is 1. The van der Waals surface area contributed by atoms with Gasteiger partial charge < -0.3 is 0 Å². The Balaban J connectivity index is 2.57. The molecule has 1 rings (SSSR count). The molecule has 2 heteroatoms. The van der Waals surface area contributed by atoms with Crippen LogP contribution in [0.4, 0.5) is 0 Å². The number of hydrogen-bond donors (Lipinski definition) is 0. The van der Waals surface area contributed by atoms with E-state index < -0.39 is 0 Å². The van der Waals surface area contributed by atoms with E-state index in [9.17, 15) is 0 Å². The molecule has 0 saturated heterocycles. The minimum Gasteiger partial charge on any atom is -0.198 e. The molecule has 0 radical (unpaired) electrons. The van der Waals surface area contributed by atoms with Crippen molar-refractivity contribution in [2.45, 2.75) is 24.6 Å². The van der Waals surface area contributed by atoms with Gasteiger partial charge in [0, 0.05) is 4.83 Å². The Kier molecular flexibility index (Phi) is 1.32. The van der Waals surface area contributed by atoms with E-state index in [2.05, 4.69) is 22.0 Å². The molecule has 1 nitrogen and oxygen atoms in total. The van der Waals surface area contributed by atoms with Crippen LogP contribution in [0, 0.1) is 16.7 Å². The van der Waals surface area contributed by atoms with Crippen molar-refractivity contribution < 1.29 is 0 Å². The summed E-state index contributed by atoms with van der Waals surface area (Å²) in [6.07, 6.45) is 2.16. The van der Waals surface area contributed by atoms with E-state index in [0.29, 0.717) is 4.83 Å². The Morgan fingerprint density at radius 2 is 2.25 bits per heavy atom. The van der Waals surface area contributed by atoms with Gasteiger partial charge in [0.15, 0.2) is 0 Å². The lowest BCUT2D eigenvalue weighted by Crippen LogP contribution is -2.07. The van der Waals surface area contributed by atoms with Gasteiger partial charge >= 0.3 is 0 Å². The van der Waals surface area contributed by atoms with Gasteiger partial charge in [-0.15, -0.1) is 0 Å². The van der Waals surface area contributed by atoms with Crippen molar-refractivity contribution in [3.8, 4) is 6.07 Å². The molecule has 8 heavy (non-hydrogen) atoms. The minimum atomic E-state index is 0.0139. The Labute approximate surface area is 57.8 Å². The van der Waals surface area contributed by atoms with Gasteiger partial charge in [-0.25, -0.2) is 0 Å². The topological polar surface area (TPSA) is 23.8 Å². The van der Waals surface area contributed by atoms with Gasteiger partial charge in [-0.3, -0.25) is 0 Å². The van der Waals surface area contributed by atoms with Crippen LogP contribution in [0.2, 0.25) is 0 Å². The molecule has 0 bridgehead atoms. The Bertz CT molecular complexity index is 130. The highest BCUT2D eigenvalue weighted by molar-refractivity contribution is 9.09. The monoisotopic (exact) mass is 173 g/mol. The van der Waals surface area contributed by atoms with Crippen LogP contribution in [0.1, 0.15) is 19.8 Å². The maximum absolute atomic E-state index is 8.55. The van der Waals surface area contributed by atoms with Crippen molar-refractivity contribution in [3.05, 3.63) is 0 Å². The van der Waals surface area contributed by atoms with Gasteiger partial charge in [-0.05, 0) is 12.8 Å². The molecule has 0 amide bonds. The molecule has 0 N–H and O–H groups in total. The Morgan fingerprint density at radius 1 is 1.75 bits per heavy atom. The van der Waals surface area contributed by atoms with Crippen LogP contribution in [0.3, 0.4) is 0 Å². The van der Waals surface area contributed by atoms with Crippen molar-refractivity contribution in [1.29, 1.82) is 5.26 Å². The first-order chi connectivity index (χ1) is 3.71. The molecule has 0 aliphatic heterocycles. The van der Waals surface area contributed by atoms with E-state index in [0.717, 1.165) is 12.8 Å². The van der Waals surface area contributed by atoms with Crippen LogP contribution in [-0.4, -0.2) is 4.83 Å². The highest BCUT2D eigenvalue weighted by Crippen LogP contribution is 2.50. The largest absolute Gasteiger partial charge is 0.198 e. The third kappa shape index (κ3) is 0.756. The van der Waals surface area contributed by atoms with Gasteiger partial charge in [0.1, 0.15) is 0 Å². The second-order valence-corrected chi connectivity index (χ2v) is 3.76. The molecule has 1 saturated carbocycles. The number of halogens is 1. The first kappa shape index (κ1) is 6.10. The fraction of sp³-hybridized carbons (Fsp3) is 0.833. The zero-order chi connectivity index (χ0) is 6.20. The molecule has 0 heterocycles. The summed E-state index contributed by atoms with van der Waals surface area (Å²) in [6.45, 7) is 2.04. The molecule has 1 aliphatic rings. The van der Waals surface area contributed by atoms with Crippen LogP contribution in [0.5, 0.6) is 0 Å². The molecule has 0 aromatic carbocycles. The quantitative estimate of drug-likeness (QED) is 0.558. The standard InChI is InChI=1S/C6H8BrN/c1-5(7)6(4-8)2-3-6/h5H,2-3H2,1H3. The average Bonchev–Trinajstić information content (AvgIpc) is 2.44. The zero-order valence-electron chi connectivity index (χ0n) is 4.82. The van der Waals surface area contributed by atoms with Gasteiger partial charge in [-0.2, -0.15) is 5.26 Å². The molecular weight excluding hydrogens is 166 g/mol. The molecule has 0 aromatic rings. The van der Waals surface area contributed by atoms with E-state index >= 15 is 0 Å². The van der Waals surface area contributed by atoms with Gasteiger partial charge in [0.05, 0.1) is 11.5 Å². The fourth-order valence-electron chi connectivity index (χ4n) is 0.733. The summed E-state index contributed by atoms with van der Waals surface area (Å²) < 4.78 is 0. The van der Waals surface area contributed by atoms with E-state index in [1.165, 1.54) is 0 Å². The third-order valence-corrected chi connectivity index (χ3v) is 2.65. The molecular formula is C6H8BrN. The van der Waals surface area contributed by atoms with Gasteiger partial charge in [-0.1, -0.05) is 22.9 Å². The van der Waals surface area contributed by atoms with E-state index in [1.807, 2.05) is 6.92 Å². The predicted octanol–water partition coefficient (Wildman–Crippen LogP) is 2.07. The first-order valence-corrected chi connectivity index (χ1v) is 3.68. The lowest BCUT2D eigenvalue weighted by molar-refractivity contribution is 0.669. The lowest BCUT2D eigenvalue weighted by atomic mass is 10.1. The highest BCUT2D eigenvalue weighted by atomic mass is 79.9. The van der Waals surface area contributed by atoms with Crippen molar-refractivity contribution in [1.82, 2.24) is 0 Å². The SMILES string of the molecule is CC(Br)C1(C#N)CC1. The van der Waals surface area contributed by atoms with Crippen molar-refractivity contribution >= 4 is 15.9 Å². The summed E-state index contributed by atoms with van der Waals surface area (Å²) in [7, 11) is 0. The van der Waals surface area contributed by atoms with Gasteiger partial charge in [0.2, 0.25) is 0 Å². The van der Waals surface area contributed by atoms with Gasteiger partial charge in [0.25, 0.3) is 0 Å². The highest BCUT2D eigenvalue weighted by Gasteiger charge is 2.46. The summed E-state index contributed by atoms with van der Waals surface area (Å²) in [5.41, 5.74) is 0.0139. The molecule has 1 unspecified atom stereocenters. The summed E-state index contributed by atoms with van der Waals surface area (Å²) in [6, 6.07) is 2.30. The lowest BCUT2D eigenvalue weighted by Gasteiger charge is -2.05. The van der Waals surface area contributed by atoms with E-state index in [4.69, 9.17) is 5.26 Å². The smallest absolute Gasteiger partial charge is 0.0701 e. The van der Waals surface area contributed by atoms with Crippen LogP contribution in [-0.2, 0) is 0 Å². The maximum atomic E-state index is 8.55. The van der Waals surface area contributed by atoms with E-state index in [-0.39, 0.29) is 5.41 Å². The minimum absolute atomic E-state index is 0.0139. The van der Waals surface area contributed by atoms with Crippen molar-refractivity contribution in [3.63, 3.8) is 0 Å². The molecule has 0 aromatic heterocycles. The van der Waals surface area contributed by atoms with Crippen molar-refractivity contribution in [2.24, 2.45) is 5.41 Å². The normalized spacial score (nSPS) is 26.1. The summed E-state index contributed by atoms with van der Waals surface area (Å²) in [5, 5.41) is 8.55. The Hall–Kier alpha value is -0.0300. The molecule has 0 spiro atoms. The second-order valence-electron chi connectivity index (χ2n) is 2.38. The molecule has 44 valence electrons. The molecule has 1 atom stereocenters. The zero-order valence-corrected chi connectivity index (χ0v) is 6.40. The van der Waals surface area contributed by atoms with Crippen LogP contribution >= 0.6 is 15.9 Å². The average molecular weight is 174 g/mol. The number of alkyl halides is 1. The number of hydrogen-bond acceptors (Lipinski definition) is 1. The second kappa shape index (κ2) is 1.73. The van der Waals surface area contributed by atoms with Crippen molar-refractivity contribution in [2.75, 3.05) is 0 Å². The maximum Gasteiger partial charge on any atom is 0.0701 e. The molecule has 1 fully saturated rings. The molecule has 1 aliphatic carbocycles. The summed E-state index contributed by atoms with van der Waals surface area (Å²) in [5.74, 6) is 0. The fourth-order valence-corrected chi connectivity index (χ4v) is 1.29. The summed E-state index contributed by atoms with van der Waals surface area (Å²) in [4.78, 5) is 0.375. The van der Waals surface area contributed by atoms with Crippen LogP contribution in [0.25, 0.3) is 0 Å². The van der Waals surface area contributed by atoms with Crippen LogP contribution in [0.15, 0.2) is 0 Å². The third-order valence-electron chi connectivity index (χ3n) is 1.77. The first-order valence-electron chi connectivity index (χ1n) is 2.76. The number of nitriles is 1. The van der Waals surface area contributed by atoms with Crippen LogP contribution < -0.4 is 0 Å². The number of rotatable bonds is 1. The summed E-state index contributed by atoms with van der Waals surface area (Å²) >= 11 is 3.40. The Morgan fingerprint density at radius 3 is 2.25 bits per heavy atom. The van der Waals surface area contributed by atoms with E-state index in [1.54, 1.807) is 0 Å².